The molecule has 0 bridgehead atoms. The summed E-state index contributed by atoms with van der Waals surface area (Å²) in [5, 5.41) is 3.67. The molecule has 23 heavy (non-hydrogen) atoms. The molecule has 1 N–H and O–H groups in total. The van der Waals surface area contributed by atoms with Crippen molar-refractivity contribution in [3.05, 3.63) is 65.5 Å². The average molecular weight is 334 g/mol. The van der Waals surface area contributed by atoms with E-state index in [1.807, 2.05) is 0 Å². The molecule has 0 aliphatic rings. The molecule has 6 heteroatoms. The molecule has 0 spiro atoms. The lowest BCUT2D eigenvalue weighted by Gasteiger charge is -2.19. The molecule has 0 fully saturated rings. The van der Waals surface area contributed by atoms with Crippen LogP contribution in [0.2, 0.25) is 0 Å². The maximum Gasteiger partial charge on any atom is 0.276 e. The molecule has 0 aromatic heterocycles. The van der Waals surface area contributed by atoms with Crippen LogP contribution in [0, 0.1) is 5.82 Å². The van der Waals surface area contributed by atoms with Crippen LogP contribution in [-0.2, 0) is 15.4 Å². The Bertz CT molecular complexity index is 807. The van der Waals surface area contributed by atoms with Crippen LogP contribution in [0.4, 0.5) is 4.39 Å². The van der Waals surface area contributed by atoms with Gasteiger partial charge in [-0.3, -0.25) is 0 Å². The molecule has 2 aromatic carbocycles. The summed E-state index contributed by atoms with van der Waals surface area (Å²) in [6.45, 7) is 6.16. The average Bonchev–Trinajstić information content (AvgIpc) is 2.46. The third-order valence-electron chi connectivity index (χ3n) is 3.27. The van der Waals surface area contributed by atoms with E-state index in [2.05, 4.69) is 30.7 Å². The monoisotopic (exact) mass is 334 g/mol. The van der Waals surface area contributed by atoms with Crippen molar-refractivity contribution in [2.24, 2.45) is 5.10 Å². The maximum atomic E-state index is 13.0. The van der Waals surface area contributed by atoms with Gasteiger partial charge in [0.1, 0.15) is 5.82 Å². The molecule has 0 atom stereocenters. The molecule has 0 saturated heterocycles. The van der Waals surface area contributed by atoms with E-state index in [4.69, 9.17) is 0 Å². The first-order valence-corrected chi connectivity index (χ1v) is 8.58. The zero-order valence-electron chi connectivity index (χ0n) is 13.2. The first-order chi connectivity index (χ1) is 10.7. The van der Waals surface area contributed by atoms with Crippen molar-refractivity contribution in [2.75, 3.05) is 0 Å². The predicted molar refractivity (Wildman–Crippen MR) is 89.5 cm³/mol. The molecular weight excluding hydrogens is 315 g/mol. The van der Waals surface area contributed by atoms with Crippen LogP contribution in [0.25, 0.3) is 0 Å². The van der Waals surface area contributed by atoms with Gasteiger partial charge in [0.25, 0.3) is 10.0 Å². The number of rotatable bonds is 4. The predicted octanol–water partition coefficient (Wildman–Crippen LogP) is 3.44. The summed E-state index contributed by atoms with van der Waals surface area (Å²) in [6.07, 6.45) is 1.25. The second-order valence-electron chi connectivity index (χ2n) is 6.18. The SMILES string of the molecule is CC(C)(C)c1ccc(S(=O)(=O)N/N=C\c2cccc(F)c2)cc1. The summed E-state index contributed by atoms with van der Waals surface area (Å²) in [4.78, 5) is 2.25. The quantitative estimate of drug-likeness (QED) is 0.688. The summed E-state index contributed by atoms with van der Waals surface area (Å²) in [7, 11) is -3.74. The first-order valence-electron chi connectivity index (χ1n) is 7.09. The van der Waals surface area contributed by atoms with Gasteiger partial charge in [0.2, 0.25) is 0 Å². The van der Waals surface area contributed by atoms with E-state index in [9.17, 15) is 12.8 Å². The standard InChI is InChI=1S/C17H19FN2O2S/c1-17(2,3)14-7-9-16(10-8-14)23(21,22)20-19-12-13-5-4-6-15(18)11-13/h4-12,20H,1-3H3/b19-12-. The first kappa shape index (κ1) is 17.1. The Hall–Kier alpha value is -2.21. The molecule has 0 saturated carbocycles. The smallest absolute Gasteiger partial charge is 0.207 e. The third-order valence-corrected chi connectivity index (χ3v) is 4.50. The molecular formula is C17H19FN2O2S. The van der Waals surface area contributed by atoms with Crippen molar-refractivity contribution in [3.63, 3.8) is 0 Å². The van der Waals surface area contributed by atoms with Crippen LogP contribution >= 0.6 is 0 Å². The minimum atomic E-state index is -3.74. The van der Waals surface area contributed by atoms with E-state index in [0.29, 0.717) is 5.56 Å². The highest BCUT2D eigenvalue weighted by atomic mass is 32.2. The number of hydrogen-bond donors (Lipinski definition) is 1. The van der Waals surface area contributed by atoms with Crippen LogP contribution < -0.4 is 4.83 Å². The van der Waals surface area contributed by atoms with Crippen molar-refractivity contribution < 1.29 is 12.8 Å². The molecule has 0 aliphatic carbocycles. The number of nitrogens with zero attached hydrogens (tertiary/aromatic N) is 1. The summed E-state index contributed by atoms with van der Waals surface area (Å²) in [5.41, 5.74) is 1.46. The maximum absolute atomic E-state index is 13.0. The lowest BCUT2D eigenvalue weighted by atomic mass is 9.87. The Morgan fingerprint density at radius 2 is 1.74 bits per heavy atom. The fourth-order valence-corrected chi connectivity index (χ4v) is 2.74. The highest BCUT2D eigenvalue weighted by Gasteiger charge is 2.16. The fraction of sp³-hybridized carbons (Fsp3) is 0.235. The minimum Gasteiger partial charge on any atom is -0.207 e. The number of hydrazone groups is 1. The van der Waals surface area contributed by atoms with E-state index in [1.165, 1.54) is 24.4 Å². The number of sulfonamides is 1. The van der Waals surface area contributed by atoms with Gasteiger partial charge in [0.15, 0.2) is 0 Å². The van der Waals surface area contributed by atoms with Crippen LogP contribution in [0.15, 0.2) is 58.5 Å². The Morgan fingerprint density at radius 3 is 2.30 bits per heavy atom. The molecule has 122 valence electrons. The molecule has 0 amide bonds. The van der Waals surface area contributed by atoms with Crippen molar-refractivity contribution in [3.8, 4) is 0 Å². The molecule has 0 radical (unpaired) electrons. The molecule has 4 nitrogen and oxygen atoms in total. The van der Waals surface area contributed by atoms with Crippen LogP contribution in [-0.4, -0.2) is 14.6 Å². The number of nitrogens with one attached hydrogen (secondary N) is 1. The van der Waals surface area contributed by atoms with Gasteiger partial charge in [-0.2, -0.15) is 13.5 Å². The highest BCUT2D eigenvalue weighted by molar-refractivity contribution is 7.89. The van der Waals surface area contributed by atoms with Crippen LogP contribution in [0.3, 0.4) is 0 Å². The fourth-order valence-electron chi connectivity index (χ4n) is 1.94. The summed E-state index contributed by atoms with van der Waals surface area (Å²) in [6, 6.07) is 12.4. The lowest BCUT2D eigenvalue weighted by molar-refractivity contribution is 0.580. The highest BCUT2D eigenvalue weighted by Crippen LogP contribution is 2.23. The number of hydrogen-bond acceptors (Lipinski definition) is 3. The zero-order valence-corrected chi connectivity index (χ0v) is 14.1. The van der Waals surface area contributed by atoms with Crippen LogP contribution in [0.1, 0.15) is 31.9 Å². The topological polar surface area (TPSA) is 58.5 Å². The van der Waals surface area contributed by atoms with Crippen molar-refractivity contribution >= 4 is 16.2 Å². The Labute approximate surface area is 136 Å². The van der Waals surface area contributed by atoms with Crippen molar-refractivity contribution in [1.82, 2.24) is 4.83 Å². The zero-order chi connectivity index (χ0) is 17.1. The van der Waals surface area contributed by atoms with Gasteiger partial charge in [-0.15, -0.1) is 0 Å². The van der Waals surface area contributed by atoms with Crippen LogP contribution in [0.5, 0.6) is 0 Å². The van der Waals surface area contributed by atoms with E-state index < -0.39 is 15.8 Å². The molecule has 0 unspecified atom stereocenters. The van der Waals surface area contributed by atoms with Gasteiger partial charge in [-0.05, 0) is 40.8 Å². The van der Waals surface area contributed by atoms with Gasteiger partial charge in [0, 0.05) is 0 Å². The normalized spacial score (nSPS) is 12.5. The van der Waals surface area contributed by atoms with Gasteiger partial charge in [0.05, 0.1) is 11.1 Å². The number of benzene rings is 2. The van der Waals surface area contributed by atoms with Gasteiger partial charge in [-0.1, -0.05) is 45.0 Å². The largest absolute Gasteiger partial charge is 0.276 e. The second kappa shape index (κ2) is 6.50. The molecule has 0 heterocycles. The summed E-state index contributed by atoms with van der Waals surface area (Å²) < 4.78 is 37.3. The van der Waals surface area contributed by atoms with Gasteiger partial charge < -0.3 is 0 Å². The molecule has 0 aliphatic heterocycles. The summed E-state index contributed by atoms with van der Waals surface area (Å²) >= 11 is 0. The summed E-state index contributed by atoms with van der Waals surface area (Å²) in [5.74, 6) is -0.408. The molecule has 2 aromatic rings. The van der Waals surface area contributed by atoms with Crippen molar-refractivity contribution in [2.45, 2.75) is 31.1 Å². The third kappa shape index (κ3) is 4.63. The Balaban J connectivity index is 2.13. The van der Waals surface area contributed by atoms with E-state index >= 15 is 0 Å². The Morgan fingerprint density at radius 1 is 1.09 bits per heavy atom. The van der Waals surface area contributed by atoms with E-state index in [1.54, 1.807) is 30.3 Å². The Kier molecular flexibility index (Phi) is 4.85. The second-order valence-corrected chi connectivity index (χ2v) is 7.84. The van der Waals surface area contributed by atoms with Gasteiger partial charge >= 0.3 is 0 Å². The molecule has 2 rings (SSSR count). The lowest BCUT2D eigenvalue weighted by Crippen LogP contribution is -2.19. The van der Waals surface area contributed by atoms with E-state index in [0.717, 1.165) is 5.56 Å². The van der Waals surface area contributed by atoms with Gasteiger partial charge in [-0.25, -0.2) is 9.22 Å². The number of halogens is 1. The van der Waals surface area contributed by atoms with Crippen molar-refractivity contribution in [1.29, 1.82) is 0 Å². The minimum absolute atomic E-state index is 0.0503. The van der Waals surface area contributed by atoms with E-state index in [-0.39, 0.29) is 10.3 Å².